The number of nitrogens with zero attached hydrogens (tertiary/aromatic N) is 3. The first kappa shape index (κ1) is 10.7. The second kappa shape index (κ2) is 4.34. The quantitative estimate of drug-likeness (QED) is 0.575. The number of pyridine rings is 1. The maximum Gasteiger partial charge on any atom is 0.329 e. The minimum Gasteiger partial charge on any atom is -0.490 e. The van der Waals surface area contributed by atoms with E-state index in [4.69, 9.17) is 4.74 Å². The molecule has 1 aliphatic heterocycles. The van der Waals surface area contributed by atoms with E-state index in [2.05, 4.69) is 9.88 Å². The zero-order valence-corrected chi connectivity index (χ0v) is 9.05. The Hall–Kier alpha value is -1.85. The summed E-state index contributed by atoms with van der Waals surface area (Å²) in [4.78, 5) is 16.4. The Morgan fingerprint density at radius 3 is 2.75 bits per heavy atom. The topological polar surface area (TPSA) is 68.5 Å². The van der Waals surface area contributed by atoms with Crippen LogP contribution in [0.3, 0.4) is 0 Å². The monoisotopic (exact) mass is 223 g/mol. The molecular formula is C10H13N3O3. The van der Waals surface area contributed by atoms with Crippen molar-refractivity contribution in [3.63, 3.8) is 0 Å². The molecule has 16 heavy (non-hydrogen) atoms. The highest BCUT2D eigenvalue weighted by Gasteiger charge is 2.20. The fraction of sp³-hybridized carbons (Fsp3) is 0.500. The van der Waals surface area contributed by atoms with Gasteiger partial charge in [-0.3, -0.25) is 10.1 Å². The van der Waals surface area contributed by atoms with Gasteiger partial charge >= 0.3 is 5.69 Å². The fourth-order valence-corrected chi connectivity index (χ4v) is 1.84. The Morgan fingerprint density at radius 1 is 1.50 bits per heavy atom. The molecule has 0 radical (unpaired) electrons. The summed E-state index contributed by atoms with van der Waals surface area (Å²) < 4.78 is 5.00. The lowest BCUT2D eigenvalue weighted by atomic mass is 10.3. The molecule has 1 aromatic rings. The normalized spacial score (nSPS) is 15.2. The third-order valence-corrected chi connectivity index (χ3v) is 2.68. The van der Waals surface area contributed by atoms with Crippen molar-refractivity contribution < 1.29 is 9.66 Å². The average molecular weight is 223 g/mol. The first-order chi connectivity index (χ1) is 7.72. The van der Waals surface area contributed by atoms with Crippen LogP contribution in [0.4, 0.5) is 11.5 Å². The average Bonchev–Trinajstić information content (AvgIpc) is 2.81. The molecule has 0 aliphatic carbocycles. The van der Waals surface area contributed by atoms with Crippen LogP contribution < -0.4 is 9.64 Å². The Balaban J connectivity index is 2.32. The van der Waals surface area contributed by atoms with Crippen molar-refractivity contribution in [2.24, 2.45) is 0 Å². The molecule has 2 rings (SSSR count). The van der Waals surface area contributed by atoms with Crippen LogP contribution >= 0.6 is 0 Å². The molecule has 0 saturated carbocycles. The van der Waals surface area contributed by atoms with Crippen molar-refractivity contribution in [1.82, 2.24) is 4.98 Å². The summed E-state index contributed by atoms with van der Waals surface area (Å²) in [6.07, 6.45) is 3.54. The smallest absolute Gasteiger partial charge is 0.329 e. The van der Waals surface area contributed by atoms with Crippen LogP contribution in [0.2, 0.25) is 0 Å². The number of anilines is 1. The number of hydrogen-bond acceptors (Lipinski definition) is 5. The van der Waals surface area contributed by atoms with Crippen LogP contribution in [0.15, 0.2) is 12.3 Å². The number of rotatable bonds is 3. The summed E-state index contributed by atoms with van der Waals surface area (Å²) in [7, 11) is 1.43. The molecule has 86 valence electrons. The van der Waals surface area contributed by atoms with E-state index in [1.54, 1.807) is 6.07 Å². The van der Waals surface area contributed by atoms with Crippen LogP contribution in [0.5, 0.6) is 5.75 Å². The van der Waals surface area contributed by atoms with E-state index < -0.39 is 4.92 Å². The van der Waals surface area contributed by atoms with Gasteiger partial charge in [0, 0.05) is 19.2 Å². The highest BCUT2D eigenvalue weighted by atomic mass is 16.6. The van der Waals surface area contributed by atoms with Crippen molar-refractivity contribution >= 4 is 11.5 Å². The van der Waals surface area contributed by atoms with E-state index >= 15 is 0 Å². The van der Waals surface area contributed by atoms with E-state index in [9.17, 15) is 10.1 Å². The van der Waals surface area contributed by atoms with Gasteiger partial charge in [-0.05, 0) is 12.8 Å². The molecule has 0 atom stereocenters. The first-order valence-corrected chi connectivity index (χ1v) is 5.16. The summed E-state index contributed by atoms with van der Waals surface area (Å²) in [5.74, 6) is 1.02. The van der Waals surface area contributed by atoms with Gasteiger partial charge < -0.3 is 9.64 Å². The van der Waals surface area contributed by atoms with Crippen LogP contribution in [-0.4, -0.2) is 30.1 Å². The Morgan fingerprint density at radius 2 is 2.19 bits per heavy atom. The minimum absolute atomic E-state index is 0.0922. The number of aromatic nitrogens is 1. The van der Waals surface area contributed by atoms with Gasteiger partial charge in [0.15, 0.2) is 0 Å². The molecule has 0 bridgehead atoms. The zero-order chi connectivity index (χ0) is 11.5. The van der Waals surface area contributed by atoms with E-state index in [-0.39, 0.29) is 11.4 Å². The molecule has 1 aromatic heterocycles. The summed E-state index contributed by atoms with van der Waals surface area (Å²) in [6.45, 7) is 1.90. The summed E-state index contributed by atoms with van der Waals surface area (Å²) >= 11 is 0. The third kappa shape index (κ3) is 1.91. The van der Waals surface area contributed by atoms with Gasteiger partial charge in [0.05, 0.1) is 12.0 Å². The lowest BCUT2D eigenvalue weighted by Gasteiger charge is -2.16. The molecule has 1 saturated heterocycles. The van der Waals surface area contributed by atoms with Gasteiger partial charge in [0.25, 0.3) is 0 Å². The molecule has 0 N–H and O–H groups in total. The molecule has 1 aliphatic rings. The molecule has 6 heteroatoms. The second-order valence-corrected chi connectivity index (χ2v) is 3.67. The maximum atomic E-state index is 10.7. The van der Waals surface area contributed by atoms with Crippen LogP contribution in [-0.2, 0) is 0 Å². The largest absolute Gasteiger partial charge is 0.490 e. The Bertz CT molecular complexity index is 402. The molecule has 0 amide bonds. The predicted molar refractivity (Wildman–Crippen MR) is 58.9 cm³/mol. The van der Waals surface area contributed by atoms with E-state index in [1.807, 2.05) is 0 Å². The van der Waals surface area contributed by atoms with Crippen LogP contribution in [0.1, 0.15) is 12.8 Å². The van der Waals surface area contributed by atoms with Crippen molar-refractivity contribution in [2.45, 2.75) is 12.8 Å². The van der Waals surface area contributed by atoms with Gasteiger partial charge in [0.2, 0.25) is 5.75 Å². The summed E-state index contributed by atoms with van der Waals surface area (Å²) in [5.41, 5.74) is -0.0922. The van der Waals surface area contributed by atoms with Gasteiger partial charge in [-0.2, -0.15) is 0 Å². The molecule has 0 aromatic carbocycles. The van der Waals surface area contributed by atoms with Crippen LogP contribution in [0, 0.1) is 10.1 Å². The van der Waals surface area contributed by atoms with E-state index in [0.29, 0.717) is 0 Å². The molecule has 0 unspecified atom stereocenters. The van der Waals surface area contributed by atoms with E-state index in [1.165, 1.54) is 13.3 Å². The van der Waals surface area contributed by atoms with Crippen molar-refractivity contribution in [3.05, 3.63) is 22.4 Å². The lowest BCUT2D eigenvalue weighted by molar-refractivity contribution is -0.386. The zero-order valence-electron chi connectivity index (χ0n) is 9.05. The number of methoxy groups -OCH3 is 1. The van der Waals surface area contributed by atoms with Gasteiger partial charge in [-0.25, -0.2) is 4.98 Å². The highest BCUT2D eigenvalue weighted by molar-refractivity contribution is 5.53. The predicted octanol–water partition coefficient (Wildman–Crippen LogP) is 1.60. The molecule has 6 nitrogen and oxygen atoms in total. The number of hydrogen-bond donors (Lipinski definition) is 0. The van der Waals surface area contributed by atoms with E-state index in [0.717, 1.165) is 31.7 Å². The van der Waals surface area contributed by atoms with Gasteiger partial charge in [0.1, 0.15) is 12.0 Å². The van der Waals surface area contributed by atoms with Gasteiger partial charge in [-0.15, -0.1) is 0 Å². The summed E-state index contributed by atoms with van der Waals surface area (Å²) in [5, 5.41) is 10.7. The second-order valence-electron chi connectivity index (χ2n) is 3.67. The fourth-order valence-electron chi connectivity index (χ4n) is 1.84. The number of ether oxygens (including phenoxy) is 1. The standard InChI is InChI=1S/C10H13N3O3/c1-16-9-6-10(12-4-2-3-5-12)11-7-8(9)13(14)15/h6-7H,2-5H2,1H3. The van der Waals surface area contributed by atoms with Crippen molar-refractivity contribution in [3.8, 4) is 5.75 Å². The Labute approximate surface area is 93.0 Å². The molecule has 1 fully saturated rings. The van der Waals surface area contributed by atoms with Gasteiger partial charge in [-0.1, -0.05) is 0 Å². The first-order valence-electron chi connectivity index (χ1n) is 5.16. The maximum absolute atomic E-state index is 10.7. The Kier molecular flexibility index (Phi) is 2.89. The van der Waals surface area contributed by atoms with Crippen molar-refractivity contribution in [2.75, 3.05) is 25.1 Å². The van der Waals surface area contributed by atoms with Crippen molar-refractivity contribution in [1.29, 1.82) is 0 Å². The molecule has 0 spiro atoms. The lowest BCUT2D eigenvalue weighted by Crippen LogP contribution is -2.18. The molecular weight excluding hydrogens is 210 g/mol. The highest BCUT2D eigenvalue weighted by Crippen LogP contribution is 2.30. The van der Waals surface area contributed by atoms with Crippen LogP contribution in [0.25, 0.3) is 0 Å². The summed E-state index contributed by atoms with van der Waals surface area (Å²) in [6, 6.07) is 1.63. The molecule has 2 heterocycles. The minimum atomic E-state index is -0.487. The SMILES string of the molecule is COc1cc(N2CCCC2)ncc1[N+](=O)[O-]. The third-order valence-electron chi connectivity index (χ3n) is 2.68. The number of nitro groups is 1.